The van der Waals surface area contributed by atoms with Crippen LogP contribution in [0.15, 0.2) is 41.0 Å². The van der Waals surface area contributed by atoms with E-state index >= 15 is 0 Å². The maximum absolute atomic E-state index is 13.7. The number of nitrogens with zero attached hydrogens (tertiary/aromatic N) is 2. The quantitative estimate of drug-likeness (QED) is 0.798. The summed E-state index contributed by atoms with van der Waals surface area (Å²) < 4.78 is 24.0. The minimum Gasteiger partial charge on any atom is -0.459 e. The van der Waals surface area contributed by atoms with Crippen molar-refractivity contribution >= 4 is 11.9 Å². The van der Waals surface area contributed by atoms with Crippen LogP contribution < -0.4 is 0 Å². The van der Waals surface area contributed by atoms with Crippen LogP contribution in [0.25, 0.3) is 0 Å². The van der Waals surface area contributed by atoms with E-state index in [1.54, 1.807) is 6.07 Å². The van der Waals surface area contributed by atoms with E-state index < -0.39 is 17.8 Å². The summed E-state index contributed by atoms with van der Waals surface area (Å²) in [6.07, 6.45) is 2.54. The summed E-state index contributed by atoms with van der Waals surface area (Å²) >= 11 is 0. The number of furan rings is 1. The van der Waals surface area contributed by atoms with Gasteiger partial charge in [-0.25, -0.2) is 9.18 Å². The average molecular weight is 342 g/mol. The van der Waals surface area contributed by atoms with Crippen molar-refractivity contribution in [3.8, 4) is 6.07 Å². The number of likely N-dealkylation sites (tertiary alicyclic amines) is 1. The zero-order valence-corrected chi connectivity index (χ0v) is 13.3. The Hall–Kier alpha value is -3.14. The Balaban J connectivity index is 1.66. The molecule has 6 nitrogen and oxygen atoms in total. The van der Waals surface area contributed by atoms with Gasteiger partial charge in [0.05, 0.1) is 17.9 Å². The van der Waals surface area contributed by atoms with E-state index in [9.17, 15) is 14.0 Å². The average Bonchev–Trinajstić information content (AvgIpc) is 3.31. The summed E-state index contributed by atoms with van der Waals surface area (Å²) in [5.74, 6) is -1.37. The Morgan fingerprint density at radius 2 is 2.24 bits per heavy atom. The Bertz CT molecular complexity index is 826. The van der Waals surface area contributed by atoms with Crippen LogP contribution in [0.3, 0.4) is 0 Å². The van der Waals surface area contributed by atoms with Crippen LogP contribution in [-0.4, -0.2) is 29.4 Å². The molecule has 7 heteroatoms. The van der Waals surface area contributed by atoms with Crippen molar-refractivity contribution in [2.45, 2.75) is 25.5 Å². The van der Waals surface area contributed by atoms with Gasteiger partial charge in [0.2, 0.25) is 0 Å². The number of carbonyl (C=O) groups excluding carboxylic acids is 2. The largest absolute Gasteiger partial charge is 0.459 e. The molecule has 1 atom stereocenters. The second-order valence-corrected chi connectivity index (χ2v) is 5.66. The Morgan fingerprint density at radius 3 is 2.96 bits per heavy atom. The highest BCUT2D eigenvalue weighted by Gasteiger charge is 2.36. The lowest BCUT2D eigenvalue weighted by Gasteiger charge is -2.22. The van der Waals surface area contributed by atoms with Gasteiger partial charge < -0.3 is 14.1 Å². The molecule has 1 fully saturated rings. The highest BCUT2D eigenvalue weighted by molar-refractivity contribution is 5.94. The van der Waals surface area contributed by atoms with Crippen molar-refractivity contribution in [3.05, 3.63) is 59.3 Å². The molecule has 0 spiro atoms. The molecule has 2 heterocycles. The van der Waals surface area contributed by atoms with Crippen molar-refractivity contribution in [1.82, 2.24) is 4.90 Å². The third-order valence-corrected chi connectivity index (χ3v) is 4.06. The highest BCUT2D eigenvalue weighted by atomic mass is 19.1. The topological polar surface area (TPSA) is 83.5 Å². The molecule has 1 aliphatic rings. The fraction of sp³-hybridized carbons (Fsp3) is 0.278. The van der Waals surface area contributed by atoms with Gasteiger partial charge >= 0.3 is 5.97 Å². The van der Waals surface area contributed by atoms with Gasteiger partial charge in [0.25, 0.3) is 5.91 Å². The maximum atomic E-state index is 13.7. The van der Waals surface area contributed by atoms with E-state index in [2.05, 4.69) is 0 Å². The summed E-state index contributed by atoms with van der Waals surface area (Å²) in [6.45, 7) is 0.136. The van der Waals surface area contributed by atoms with E-state index in [-0.39, 0.29) is 29.4 Å². The Morgan fingerprint density at radius 1 is 1.40 bits per heavy atom. The van der Waals surface area contributed by atoms with Gasteiger partial charge in [0, 0.05) is 12.1 Å². The Kier molecular flexibility index (Phi) is 4.80. The molecule has 0 aliphatic carbocycles. The fourth-order valence-corrected chi connectivity index (χ4v) is 2.80. The van der Waals surface area contributed by atoms with E-state index in [1.807, 2.05) is 6.07 Å². The zero-order valence-electron chi connectivity index (χ0n) is 13.3. The predicted octanol–water partition coefficient (Wildman–Crippen LogP) is 2.64. The van der Waals surface area contributed by atoms with E-state index in [0.29, 0.717) is 19.4 Å². The fourth-order valence-electron chi connectivity index (χ4n) is 2.80. The van der Waals surface area contributed by atoms with Crippen molar-refractivity contribution in [3.63, 3.8) is 0 Å². The number of hydrogen-bond donors (Lipinski definition) is 0. The van der Waals surface area contributed by atoms with Crippen LogP contribution in [0, 0.1) is 17.1 Å². The molecular weight excluding hydrogens is 327 g/mol. The first-order valence-corrected chi connectivity index (χ1v) is 7.80. The molecule has 0 bridgehead atoms. The summed E-state index contributed by atoms with van der Waals surface area (Å²) in [6, 6.07) is 8.16. The molecule has 1 amide bonds. The summed E-state index contributed by atoms with van der Waals surface area (Å²) in [7, 11) is 0. The first-order chi connectivity index (χ1) is 12.1. The van der Waals surface area contributed by atoms with Gasteiger partial charge in [-0.2, -0.15) is 5.26 Å². The number of benzene rings is 1. The normalized spacial score (nSPS) is 16.5. The minimum absolute atomic E-state index is 0.120. The number of esters is 1. The second kappa shape index (κ2) is 7.18. The van der Waals surface area contributed by atoms with Crippen molar-refractivity contribution in [2.24, 2.45) is 0 Å². The first kappa shape index (κ1) is 16.7. The second-order valence-electron chi connectivity index (χ2n) is 5.66. The maximum Gasteiger partial charge on any atom is 0.329 e. The van der Waals surface area contributed by atoms with Gasteiger partial charge in [-0.1, -0.05) is 0 Å². The third-order valence-electron chi connectivity index (χ3n) is 4.06. The smallest absolute Gasteiger partial charge is 0.329 e. The number of amides is 1. The molecular formula is C18H15FN2O4. The molecule has 0 radical (unpaired) electrons. The number of ether oxygens (including phenoxy) is 1. The number of nitriles is 1. The molecule has 1 aromatic heterocycles. The van der Waals surface area contributed by atoms with Gasteiger partial charge in [-0.05, 0) is 43.2 Å². The monoisotopic (exact) mass is 342 g/mol. The van der Waals surface area contributed by atoms with E-state index in [1.165, 1.54) is 29.4 Å². The van der Waals surface area contributed by atoms with Gasteiger partial charge in [0.15, 0.2) is 5.76 Å². The zero-order chi connectivity index (χ0) is 17.8. The summed E-state index contributed by atoms with van der Waals surface area (Å²) in [4.78, 5) is 26.1. The highest BCUT2D eigenvalue weighted by Crippen LogP contribution is 2.22. The molecule has 0 N–H and O–H groups in total. The molecule has 3 rings (SSSR count). The number of carbonyl (C=O) groups is 2. The lowest BCUT2D eigenvalue weighted by molar-refractivity contribution is -0.149. The van der Waals surface area contributed by atoms with Gasteiger partial charge in [-0.3, -0.25) is 4.79 Å². The lowest BCUT2D eigenvalue weighted by atomic mass is 10.1. The summed E-state index contributed by atoms with van der Waals surface area (Å²) in [5, 5.41) is 8.86. The van der Waals surface area contributed by atoms with E-state index in [4.69, 9.17) is 14.4 Å². The molecule has 128 valence electrons. The first-order valence-electron chi connectivity index (χ1n) is 7.80. The molecule has 1 aromatic carbocycles. The summed E-state index contributed by atoms with van der Waals surface area (Å²) in [5.41, 5.74) is 0.400. The minimum atomic E-state index is -0.722. The van der Waals surface area contributed by atoms with Gasteiger partial charge in [-0.15, -0.1) is 0 Å². The molecule has 2 aromatic rings. The van der Waals surface area contributed by atoms with Crippen molar-refractivity contribution < 1.29 is 23.1 Å². The third kappa shape index (κ3) is 3.53. The number of halogens is 1. The SMILES string of the molecule is N#Cc1ccc(F)c(COC(=O)C2CCCN2C(=O)c2ccco2)c1. The number of hydrogen-bond acceptors (Lipinski definition) is 5. The standard InChI is InChI=1S/C18H15FN2O4/c19-14-6-5-12(10-20)9-13(14)11-25-18(23)15-3-1-7-21(15)17(22)16-4-2-8-24-16/h2,4-6,8-9,15H,1,3,7,11H2. The van der Waals surface area contributed by atoms with Crippen LogP contribution in [0.1, 0.15) is 34.5 Å². The van der Waals surface area contributed by atoms with Crippen LogP contribution in [0.2, 0.25) is 0 Å². The molecule has 25 heavy (non-hydrogen) atoms. The van der Waals surface area contributed by atoms with Crippen LogP contribution in [-0.2, 0) is 16.1 Å². The van der Waals surface area contributed by atoms with Crippen LogP contribution in [0.5, 0.6) is 0 Å². The van der Waals surface area contributed by atoms with E-state index in [0.717, 1.165) is 6.07 Å². The molecule has 1 aliphatic heterocycles. The van der Waals surface area contributed by atoms with Crippen LogP contribution in [0.4, 0.5) is 4.39 Å². The van der Waals surface area contributed by atoms with Gasteiger partial charge in [0.1, 0.15) is 18.5 Å². The Labute approximate surface area is 143 Å². The predicted molar refractivity (Wildman–Crippen MR) is 83.7 cm³/mol. The van der Waals surface area contributed by atoms with Crippen molar-refractivity contribution in [2.75, 3.05) is 6.54 Å². The van der Waals surface area contributed by atoms with Crippen LogP contribution >= 0.6 is 0 Å². The van der Waals surface area contributed by atoms with Crippen molar-refractivity contribution in [1.29, 1.82) is 5.26 Å². The molecule has 1 saturated heterocycles. The lowest BCUT2D eigenvalue weighted by Crippen LogP contribution is -2.41. The molecule has 1 unspecified atom stereocenters. The number of rotatable bonds is 4. The molecule has 0 saturated carbocycles.